The molecular weight excluding hydrogens is 1610 g/mol. The minimum absolute atomic E-state index is 0.00798. The summed E-state index contributed by atoms with van der Waals surface area (Å²) in [7, 11) is 0. The predicted octanol–water partition coefficient (Wildman–Crippen LogP) is 39.8. The molecule has 680 valence electrons. The van der Waals surface area contributed by atoms with Gasteiger partial charge in [0, 0.05) is 50.4 Å². The van der Waals surface area contributed by atoms with Crippen LogP contribution in [0.1, 0.15) is 310 Å². The summed E-state index contributed by atoms with van der Waals surface area (Å²) in [5.74, 6) is 2.06. The van der Waals surface area contributed by atoms with E-state index < -0.39 is 0 Å². The number of unbranched alkanes of at least 4 members (excludes halogenated alkanes) is 18. The molecule has 14 aromatic rings. The Morgan fingerprint density at radius 3 is 0.767 bits per heavy atom. The monoisotopic (exact) mass is 1750 g/mol. The van der Waals surface area contributed by atoms with Gasteiger partial charge in [-0.2, -0.15) is 0 Å². The quantitative estimate of drug-likeness (QED) is 0.0354. The molecule has 0 heterocycles. The Labute approximate surface area is 799 Å². The number of hydrogen-bond donors (Lipinski definition) is 0. The summed E-state index contributed by atoms with van der Waals surface area (Å²) in [4.78, 5) is 4.90. The number of ether oxygens (including phenoxy) is 1. The van der Waals surface area contributed by atoms with E-state index in [1.54, 1.807) is 11.1 Å². The maximum Gasteiger partial charge on any atom is 0.127 e. The zero-order valence-corrected chi connectivity index (χ0v) is 81.5. The number of nitrogens with zero attached hydrogens (tertiary/aromatic N) is 2. The van der Waals surface area contributed by atoms with E-state index in [2.05, 4.69) is 364 Å². The molecule has 1 atom stereocenters. The first-order valence-electron chi connectivity index (χ1n) is 51.9. The molecule has 133 heavy (non-hydrogen) atoms. The first kappa shape index (κ1) is 93.0. The normalized spacial score (nSPS) is 13.5. The van der Waals surface area contributed by atoms with Crippen molar-refractivity contribution in [3.8, 4) is 101 Å². The van der Waals surface area contributed by atoms with Gasteiger partial charge >= 0.3 is 0 Å². The molecule has 0 aromatic heterocycles. The Bertz CT molecular complexity index is 6150. The lowest BCUT2D eigenvalue weighted by Crippen LogP contribution is -2.25. The molecule has 0 bridgehead atoms. The van der Waals surface area contributed by atoms with Gasteiger partial charge in [0.15, 0.2) is 0 Å². The van der Waals surface area contributed by atoms with Crippen LogP contribution in [0, 0.1) is 6.92 Å². The maximum absolute atomic E-state index is 6.49. The van der Waals surface area contributed by atoms with Crippen molar-refractivity contribution in [1.29, 1.82) is 0 Å². The van der Waals surface area contributed by atoms with Gasteiger partial charge in [0.1, 0.15) is 11.5 Å². The molecule has 1 unspecified atom stereocenters. The van der Waals surface area contributed by atoms with E-state index in [9.17, 15) is 0 Å². The lowest BCUT2D eigenvalue weighted by atomic mass is 9.70. The fourth-order valence-corrected chi connectivity index (χ4v) is 23.0. The van der Waals surface area contributed by atoms with Crippen LogP contribution in [0.15, 0.2) is 316 Å². The minimum Gasteiger partial charge on any atom is -0.457 e. The van der Waals surface area contributed by atoms with Crippen LogP contribution in [-0.4, -0.2) is 0 Å². The second kappa shape index (κ2) is 43.5. The molecule has 3 aliphatic carbocycles. The van der Waals surface area contributed by atoms with Crippen molar-refractivity contribution in [2.45, 2.75) is 284 Å². The largest absolute Gasteiger partial charge is 0.457 e. The summed E-state index contributed by atoms with van der Waals surface area (Å²) in [5, 5.41) is 0. The number of aryl methyl sites for hydroxylation is 1. The third kappa shape index (κ3) is 19.9. The van der Waals surface area contributed by atoms with E-state index >= 15 is 0 Å². The van der Waals surface area contributed by atoms with Crippen molar-refractivity contribution in [3.05, 3.63) is 366 Å². The molecule has 3 aliphatic rings. The predicted molar refractivity (Wildman–Crippen MR) is 574 cm³/mol. The lowest BCUT2D eigenvalue weighted by Gasteiger charge is -2.33. The minimum atomic E-state index is -0.144. The zero-order valence-electron chi connectivity index (χ0n) is 81.5. The first-order chi connectivity index (χ1) is 65.3. The zero-order chi connectivity index (χ0) is 91.7. The highest BCUT2D eigenvalue weighted by Crippen LogP contribution is 2.60. The van der Waals surface area contributed by atoms with Crippen LogP contribution in [0.25, 0.3) is 95.1 Å². The van der Waals surface area contributed by atoms with Gasteiger partial charge in [-0.15, -0.1) is 0 Å². The van der Waals surface area contributed by atoms with E-state index in [1.165, 1.54) is 302 Å². The summed E-state index contributed by atoms with van der Waals surface area (Å²) in [6.45, 7) is 25.0. The van der Waals surface area contributed by atoms with Crippen LogP contribution in [0.4, 0.5) is 34.1 Å². The molecule has 0 amide bonds. The van der Waals surface area contributed by atoms with Crippen LogP contribution >= 0.6 is 0 Å². The third-order valence-corrected chi connectivity index (χ3v) is 30.7. The molecular formula is C130H144N2O. The number of rotatable bonds is 46. The van der Waals surface area contributed by atoms with E-state index in [4.69, 9.17) is 4.74 Å². The van der Waals surface area contributed by atoms with Gasteiger partial charge in [-0.1, -0.05) is 410 Å². The van der Waals surface area contributed by atoms with Crippen molar-refractivity contribution in [2.75, 3.05) is 9.80 Å². The second-order valence-electron chi connectivity index (χ2n) is 39.5. The van der Waals surface area contributed by atoms with Crippen molar-refractivity contribution in [3.63, 3.8) is 0 Å². The second-order valence-corrected chi connectivity index (χ2v) is 39.5. The Kier molecular flexibility index (Phi) is 30.4. The summed E-state index contributed by atoms with van der Waals surface area (Å²) in [6.07, 6.45) is 40.0. The van der Waals surface area contributed by atoms with Crippen LogP contribution < -0.4 is 14.5 Å². The SMILES string of the molecule is C=Cc1ccc(Oc2ccc(N(c3ccc(-c4ccc5c(c4)C(CCCCCC)(CCCCCC)c4cc(C)ccc4-5)cc3)c3ccc(-c4ccc5c(c4)C(CCCCCC)(CCCCCC)c4cc(-c6ccc(N(c7ccc(-c8ccc9c(c8)C(CCCCCC)(CCCCCC)c8cc(-c%10ccccc%10)ccc8-9)cc7)c7ccc(C(C)CC)cc7)cc6)ccc4-5)cc3)cc2)cc1. The van der Waals surface area contributed by atoms with Crippen molar-refractivity contribution < 1.29 is 4.74 Å². The summed E-state index contributed by atoms with van der Waals surface area (Å²) < 4.78 is 6.49. The van der Waals surface area contributed by atoms with Crippen LogP contribution in [0.5, 0.6) is 11.5 Å². The Balaban J connectivity index is 0.688. The van der Waals surface area contributed by atoms with Gasteiger partial charge in [-0.3, -0.25) is 0 Å². The first-order valence-corrected chi connectivity index (χ1v) is 51.9. The van der Waals surface area contributed by atoms with Crippen LogP contribution in [-0.2, 0) is 16.2 Å². The van der Waals surface area contributed by atoms with Gasteiger partial charge in [0.05, 0.1) is 0 Å². The lowest BCUT2D eigenvalue weighted by molar-refractivity contribution is 0.401. The molecule has 17 rings (SSSR count). The molecule has 0 spiro atoms. The number of hydrogen-bond acceptors (Lipinski definition) is 3. The molecule has 0 radical (unpaired) electrons. The van der Waals surface area contributed by atoms with Crippen LogP contribution in [0.2, 0.25) is 0 Å². The third-order valence-electron chi connectivity index (χ3n) is 30.7. The molecule has 0 N–H and O–H groups in total. The molecule has 3 nitrogen and oxygen atoms in total. The maximum atomic E-state index is 6.49. The molecule has 0 saturated carbocycles. The van der Waals surface area contributed by atoms with E-state index in [1.807, 2.05) is 30.3 Å². The molecule has 14 aromatic carbocycles. The molecule has 0 fully saturated rings. The number of benzene rings is 14. The summed E-state index contributed by atoms with van der Waals surface area (Å²) >= 11 is 0. The summed E-state index contributed by atoms with van der Waals surface area (Å²) in [6, 6.07) is 120. The fraction of sp³-hybridized carbons (Fsp3) is 0.338. The highest BCUT2D eigenvalue weighted by molar-refractivity contribution is 5.91. The Hall–Kier alpha value is -11.8. The van der Waals surface area contributed by atoms with Gasteiger partial charge in [0.2, 0.25) is 0 Å². The smallest absolute Gasteiger partial charge is 0.127 e. The van der Waals surface area contributed by atoms with Crippen molar-refractivity contribution in [2.24, 2.45) is 0 Å². The van der Waals surface area contributed by atoms with Gasteiger partial charge in [-0.25, -0.2) is 0 Å². The van der Waals surface area contributed by atoms with Crippen molar-refractivity contribution in [1.82, 2.24) is 0 Å². The van der Waals surface area contributed by atoms with Crippen LogP contribution in [0.3, 0.4) is 0 Å². The van der Waals surface area contributed by atoms with E-state index in [-0.39, 0.29) is 16.2 Å². The van der Waals surface area contributed by atoms with Gasteiger partial charge < -0.3 is 14.5 Å². The number of anilines is 6. The molecule has 0 saturated heterocycles. The Morgan fingerprint density at radius 1 is 0.256 bits per heavy atom. The Morgan fingerprint density at radius 2 is 0.496 bits per heavy atom. The highest BCUT2D eigenvalue weighted by atomic mass is 16.5. The number of fused-ring (bicyclic) bond motifs is 9. The van der Waals surface area contributed by atoms with E-state index in [0.717, 1.165) is 70.4 Å². The van der Waals surface area contributed by atoms with Gasteiger partial charge in [0.25, 0.3) is 0 Å². The average molecular weight is 1750 g/mol. The van der Waals surface area contributed by atoms with Gasteiger partial charge in [-0.05, 0) is 319 Å². The standard InChI is InChI=1S/C130H144N2O/c1-11-19-25-34-82-128(83-35-26-20-12-2)122-88-94(9)42-76-116(122)117-78-56-104(90-123(117)128)99-51-66-111(67-52-99)132(113-70-74-115(75-71-113)133-114-72-43-96(18-8)44-73-114)112-68-53-102(54-69-112)107-59-81-121-120-80-58-106(92-126(120)130(127(121)93-107,86-38-29-23-15-5)87-39-30-24-16-6)101-49-64-110(65-50-101)131(108-60-45-97(46-61-108)95(10)17-7)109-62-47-100(48-63-109)105-57-79-119-118-77-55-103(98-40-32-31-33-41-98)89-124(118)129(125(119)91-105,84-36-27-21-13-3)85-37-28-22-14-4/h18,31-33,40-81,88-93,95H,8,11-17,19-30,34-39,82-87H2,1-7,9-10H3. The fourth-order valence-electron chi connectivity index (χ4n) is 23.0. The van der Waals surface area contributed by atoms with Crippen molar-refractivity contribution >= 4 is 40.2 Å². The highest BCUT2D eigenvalue weighted by Gasteiger charge is 2.46. The topological polar surface area (TPSA) is 15.7 Å². The summed E-state index contributed by atoms with van der Waals surface area (Å²) in [5.41, 5.74) is 40.7. The average Bonchev–Trinajstić information content (AvgIpc) is 1.62. The molecule has 3 heteroatoms. The van der Waals surface area contributed by atoms with E-state index in [0.29, 0.717) is 5.92 Å². The molecule has 0 aliphatic heterocycles.